The van der Waals surface area contributed by atoms with Crippen LogP contribution in [0.4, 0.5) is 0 Å². The first-order chi connectivity index (χ1) is 7.75. The maximum Gasteiger partial charge on any atom is 0.0551 e. The van der Waals surface area contributed by atoms with Crippen molar-refractivity contribution in [1.29, 1.82) is 0 Å². The van der Waals surface area contributed by atoms with Crippen LogP contribution in [0.2, 0.25) is 5.02 Å². The third-order valence-electron chi connectivity index (χ3n) is 2.19. The maximum absolute atomic E-state index is 6.02. The smallest absolute Gasteiger partial charge is 0.0551 e. The molecule has 0 saturated heterocycles. The Morgan fingerprint density at radius 1 is 1.25 bits per heavy atom. The van der Waals surface area contributed by atoms with E-state index >= 15 is 0 Å². The fourth-order valence-electron chi connectivity index (χ4n) is 1.39. The highest BCUT2D eigenvalue weighted by Gasteiger charge is 1.99. The van der Waals surface area contributed by atoms with Crippen LogP contribution >= 0.6 is 38.9 Å². The SMILES string of the molecule is Clc1cc(CNCc2cccs2)ccc1Br. The van der Waals surface area contributed by atoms with Crippen LogP contribution in [0.5, 0.6) is 0 Å². The Kier molecular flexibility index (Phi) is 4.41. The van der Waals surface area contributed by atoms with Gasteiger partial charge in [0.25, 0.3) is 0 Å². The highest BCUT2D eigenvalue weighted by molar-refractivity contribution is 9.10. The Balaban J connectivity index is 1.87. The average Bonchev–Trinajstić information content (AvgIpc) is 2.76. The fraction of sp³-hybridized carbons (Fsp3) is 0.167. The monoisotopic (exact) mass is 315 g/mol. The van der Waals surface area contributed by atoms with Crippen molar-refractivity contribution >= 4 is 38.9 Å². The molecule has 0 aliphatic heterocycles. The topological polar surface area (TPSA) is 12.0 Å². The molecule has 0 unspecified atom stereocenters. The summed E-state index contributed by atoms with van der Waals surface area (Å²) in [5.41, 5.74) is 1.20. The van der Waals surface area contributed by atoms with Gasteiger partial charge >= 0.3 is 0 Å². The van der Waals surface area contributed by atoms with Gasteiger partial charge in [-0.25, -0.2) is 0 Å². The number of thiophene rings is 1. The number of benzene rings is 1. The van der Waals surface area contributed by atoms with Gasteiger partial charge in [-0.2, -0.15) is 0 Å². The molecule has 0 aliphatic rings. The summed E-state index contributed by atoms with van der Waals surface area (Å²) in [4.78, 5) is 1.35. The zero-order chi connectivity index (χ0) is 11.4. The Morgan fingerprint density at radius 2 is 2.12 bits per heavy atom. The van der Waals surface area contributed by atoms with Crippen LogP contribution in [0.15, 0.2) is 40.2 Å². The number of hydrogen-bond acceptors (Lipinski definition) is 2. The highest BCUT2D eigenvalue weighted by Crippen LogP contribution is 2.23. The molecule has 4 heteroatoms. The van der Waals surface area contributed by atoms with Crippen LogP contribution in [-0.2, 0) is 13.1 Å². The summed E-state index contributed by atoms with van der Waals surface area (Å²) < 4.78 is 0.941. The molecular formula is C12H11BrClNS. The maximum atomic E-state index is 6.02. The van der Waals surface area contributed by atoms with Crippen LogP contribution in [0.25, 0.3) is 0 Å². The van der Waals surface area contributed by atoms with E-state index in [2.05, 4.69) is 44.8 Å². The molecule has 0 radical (unpaired) electrons. The summed E-state index contributed by atoms with van der Waals surface area (Å²) in [7, 11) is 0. The largest absolute Gasteiger partial charge is 0.308 e. The lowest BCUT2D eigenvalue weighted by Gasteiger charge is -2.04. The second kappa shape index (κ2) is 5.82. The van der Waals surface area contributed by atoms with Crippen molar-refractivity contribution in [3.63, 3.8) is 0 Å². The van der Waals surface area contributed by atoms with Gasteiger partial charge in [0.15, 0.2) is 0 Å². The number of hydrogen-bond donors (Lipinski definition) is 1. The lowest BCUT2D eigenvalue weighted by Crippen LogP contribution is -2.11. The van der Waals surface area contributed by atoms with Gasteiger partial charge in [-0.05, 0) is 45.1 Å². The van der Waals surface area contributed by atoms with E-state index in [4.69, 9.17) is 11.6 Å². The fourth-order valence-corrected chi connectivity index (χ4v) is 2.52. The predicted octanol–water partition coefficient (Wildman–Crippen LogP) is 4.45. The summed E-state index contributed by atoms with van der Waals surface area (Å²) in [6, 6.07) is 10.2. The molecule has 1 N–H and O–H groups in total. The number of halogens is 2. The molecule has 1 heterocycles. The molecule has 0 aliphatic carbocycles. The number of rotatable bonds is 4. The van der Waals surface area contributed by atoms with E-state index < -0.39 is 0 Å². The molecule has 0 amide bonds. The lowest BCUT2D eigenvalue weighted by molar-refractivity contribution is 0.701. The number of nitrogens with one attached hydrogen (secondary N) is 1. The van der Waals surface area contributed by atoms with Gasteiger partial charge in [0.05, 0.1) is 5.02 Å². The van der Waals surface area contributed by atoms with Gasteiger partial charge in [0.1, 0.15) is 0 Å². The molecule has 0 fully saturated rings. The van der Waals surface area contributed by atoms with Gasteiger partial charge in [-0.1, -0.05) is 23.7 Å². The quantitative estimate of drug-likeness (QED) is 0.878. The van der Waals surface area contributed by atoms with E-state index in [1.165, 1.54) is 10.4 Å². The third kappa shape index (κ3) is 3.32. The lowest BCUT2D eigenvalue weighted by atomic mass is 10.2. The van der Waals surface area contributed by atoms with Gasteiger partial charge in [0, 0.05) is 22.4 Å². The van der Waals surface area contributed by atoms with Gasteiger partial charge in [-0.15, -0.1) is 11.3 Å². The van der Waals surface area contributed by atoms with E-state index in [0.717, 1.165) is 22.6 Å². The summed E-state index contributed by atoms with van der Waals surface area (Å²) in [6.45, 7) is 1.75. The summed E-state index contributed by atoms with van der Waals surface area (Å²) in [5, 5.41) is 6.24. The summed E-state index contributed by atoms with van der Waals surface area (Å²) >= 11 is 11.2. The molecule has 2 aromatic rings. The Bertz CT molecular complexity index is 456. The van der Waals surface area contributed by atoms with Crippen molar-refractivity contribution < 1.29 is 0 Å². The van der Waals surface area contributed by atoms with Crippen molar-refractivity contribution in [3.8, 4) is 0 Å². The molecular weight excluding hydrogens is 306 g/mol. The molecule has 84 valence electrons. The first-order valence-electron chi connectivity index (χ1n) is 4.93. The van der Waals surface area contributed by atoms with E-state index in [-0.39, 0.29) is 0 Å². The highest BCUT2D eigenvalue weighted by atomic mass is 79.9. The molecule has 0 spiro atoms. The minimum atomic E-state index is 0.760. The van der Waals surface area contributed by atoms with Crippen LogP contribution < -0.4 is 5.32 Å². The standard InChI is InChI=1S/C12H11BrClNS/c13-11-4-3-9(6-12(11)14)7-15-8-10-2-1-5-16-10/h1-6,15H,7-8H2. The van der Waals surface area contributed by atoms with Crippen LogP contribution in [-0.4, -0.2) is 0 Å². The Morgan fingerprint density at radius 3 is 2.81 bits per heavy atom. The Hall–Kier alpha value is -0.350. The molecule has 0 saturated carbocycles. The Labute approximate surface area is 113 Å². The van der Waals surface area contributed by atoms with E-state index in [1.54, 1.807) is 11.3 Å². The van der Waals surface area contributed by atoms with Crippen LogP contribution in [0, 0.1) is 0 Å². The minimum Gasteiger partial charge on any atom is -0.308 e. The zero-order valence-electron chi connectivity index (χ0n) is 8.54. The molecule has 2 rings (SSSR count). The molecule has 0 bridgehead atoms. The van der Waals surface area contributed by atoms with Crippen LogP contribution in [0.1, 0.15) is 10.4 Å². The molecule has 1 aromatic heterocycles. The summed E-state index contributed by atoms with van der Waals surface area (Å²) in [6.07, 6.45) is 0. The van der Waals surface area contributed by atoms with Crippen molar-refractivity contribution in [2.45, 2.75) is 13.1 Å². The van der Waals surface area contributed by atoms with Crippen molar-refractivity contribution in [2.75, 3.05) is 0 Å². The third-order valence-corrected chi connectivity index (χ3v) is 4.30. The molecule has 16 heavy (non-hydrogen) atoms. The van der Waals surface area contributed by atoms with Gasteiger partial charge in [-0.3, -0.25) is 0 Å². The predicted molar refractivity (Wildman–Crippen MR) is 74.0 cm³/mol. The van der Waals surface area contributed by atoms with Gasteiger partial charge < -0.3 is 5.32 Å². The zero-order valence-corrected chi connectivity index (χ0v) is 11.7. The normalized spacial score (nSPS) is 10.6. The minimum absolute atomic E-state index is 0.760. The molecule has 1 aromatic carbocycles. The van der Waals surface area contributed by atoms with Gasteiger partial charge in [0.2, 0.25) is 0 Å². The first kappa shape index (κ1) is 12.1. The van der Waals surface area contributed by atoms with Crippen molar-refractivity contribution in [1.82, 2.24) is 5.32 Å². The molecule has 0 atom stereocenters. The molecule has 1 nitrogen and oxygen atoms in total. The second-order valence-electron chi connectivity index (χ2n) is 3.43. The first-order valence-corrected chi connectivity index (χ1v) is 6.98. The second-order valence-corrected chi connectivity index (χ2v) is 5.73. The van der Waals surface area contributed by atoms with E-state index in [9.17, 15) is 0 Å². The van der Waals surface area contributed by atoms with Crippen molar-refractivity contribution in [2.24, 2.45) is 0 Å². The van der Waals surface area contributed by atoms with Crippen LogP contribution in [0.3, 0.4) is 0 Å². The van der Waals surface area contributed by atoms with Crippen molar-refractivity contribution in [3.05, 3.63) is 55.6 Å². The van der Waals surface area contributed by atoms with E-state index in [1.807, 2.05) is 12.1 Å². The summed E-state index contributed by atoms with van der Waals surface area (Å²) in [5.74, 6) is 0. The van der Waals surface area contributed by atoms with E-state index in [0.29, 0.717) is 0 Å². The average molecular weight is 317 g/mol.